The van der Waals surface area contributed by atoms with Gasteiger partial charge >= 0.3 is 0 Å². The zero-order valence-electron chi connectivity index (χ0n) is 22.5. The topological polar surface area (TPSA) is 148 Å². The molecule has 212 valence electrons. The Kier molecular flexibility index (Phi) is 8.40. The van der Waals surface area contributed by atoms with Crippen LogP contribution in [-0.2, 0) is 27.8 Å². The van der Waals surface area contributed by atoms with E-state index in [0.717, 1.165) is 11.1 Å². The first-order valence-electron chi connectivity index (χ1n) is 12.3. The second-order valence-electron chi connectivity index (χ2n) is 9.93. The van der Waals surface area contributed by atoms with Crippen molar-refractivity contribution in [3.63, 3.8) is 0 Å². The van der Waals surface area contributed by atoms with Gasteiger partial charge in [0.2, 0.25) is 31.7 Å². The van der Waals surface area contributed by atoms with Gasteiger partial charge in [0.05, 0.1) is 28.9 Å². The van der Waals surface area contributed by atoms with Crippen molar-refractivity contribution in [2.45, 2.75) is 56.9 Å². The van der Waals surface area contributed by atoms with Gasteiger partial charge in [0.25, 0.3) is 0 Å². The minimum Gasteiger partial charge on any atom is -0.489 e. The van der Waals surface area contributed by atoms with Gasteiger partial charge < -0.3 is 15.4 Å². The molecule has 0 saturated carbocycles. The molecule has 0 aliphatic carbocycles. The van der Waals surface area contributed by atoms with Crippen LogP contribution in [0.4, 0.5) is 23.1 Å². The Morgan fingerprint density at radius 3 is 2.44 bits per heavy atom. The van der Waals surface area contributed by atoms with Crippen LogP contribution in [0.3, 0.4) is 0 Å². The Hall–Kier alpha value is -2.94. The van der Waals surface area contributed by atoms with E-state index in [1.165, 1.54) is 15.2 Å². The van der Waals surface area contributed by atoms with Crippen molar-refractivity contribution in [3.05, 3.63) is 40.7 Å². The van der Waals surface area contributed by atoms with Gasteiger partial charge in [0, 0.05) is 32.3 Å². The van der Waals surface area contributed by atoms with Crippen LogP contribution in [0.25, 0.3) is 0 Å². The number of nitrogens with zero attached hydrogens (tertiary/aromatic N) is 5. The molecular formula is C24H32ClN7O5S2. The number of aryl methyl sites for hydroxylation is 2. The summed E-state index contributed by atoms with van der Waals surface area (Å²) in [6.45, 7) is 9.82. The second-order valence-corrected chi connectivity index (χ2v) is 13.8. The van der Waals surface area contributed by atoms with Gasteiger partial charge in [-0.15, -0.1) is 0 Å². The Morgan fingerprint density at radius 2 is 1.82 bits per heavy atom. The molecule has 0 unspecified atom stereocenters. The van der Waals surface area contributed by atoms with Gasteiger partial charge in [-0.3, -0.25) is 4.68 Å². The molecular weight excluding hydrogens is 566 g/mol. The molecule has 39 heavy (non-hydrogen) atoms. The van der Waals surface area contributed by atoms with E-state index in [1.807, 2.05) is 32.9 Å². The lowest BCUT2D eigenvalue weighted by Gasteiger charge is -2.36. The number of halogens is 1. The minimum absolute atomic E-state index is 0.0832. The number of ether oxygens (including phenoxy) is 1. The van der Waals surface area contributed by atoms with E-state index >= 15 is 0 Å². The van der Waals surface area contributed by atoms with Crippen molar-refractivity contribution in [2.24, 2.45) is 7.05 Å². The normalized spacial score (nSPS) is 14.7. The molecule has 0 bridgehead atoms. The van der Waals surface area contributed by atoms with Crippen LogP contribution in [0, 0.1) is 6.92 Å². The highest BCUT2D eigenvalue weighted by Gasteiger charge is 2.32. The third-order valence-electron chi connectivity index (χ3n) is 6.19. The van der Waals surface area contributed by atoms with Crippen LogP contribution in [0.15, 0.2) is 29.6 Å². The number of anilines is 4. The summed E-state index contributed by atoms with van der Waals surface area (Å²) in [5.41, 5.74) is 2.84. The van der Waals surface area contributed by atoms with Crippen molar-refractivity contribution >= 4 is 55.5 Å². The molecule has 3 heterocycles. The first kappa shape index (κ1) is 29.1. The minimum atomic E-state index is -3.67. The Labute approximate surface area is 234 Å². The molecule has 0 atom stereocenters. The van der Waals surface area contributed by atoms with Gasteiger partial charge in [0.15, 0.2) is 5.82 Å². The highest BCUT2D eigenvalue weighted by Crippen LogP contribution is 2.38. The molecule has 15 heteroatoms. The predicted octanol–water partition coefficient (Wildman–Crippen LogP) is 3.55. The third-order valence-corrected chi connectivity index (χ3v) is 9.34. The zero-order valence-corrected chi connectivity index (χ0v) is 24.9. The molecule has 1 saturated heterocycles. The molecule has 12 nitrogen and oxygen atoms in total. The van der Waals surface area contributed by atoms with Crippen molar-refractivity contribution in [1.82, 2.24) is 24.1 Å². The monoisotopic (exact) mass is 597 g/mol. The number of benzene rings is 1. The van der Waals surface area contributed by atoms with E-state index in [9.17, 15) is 16.8 Å². The summed E-state index contributed by atoms with van der Waals surface area (Å²) in [4.78, 5) is 8.76. The Bertz CT molecular complexity index is 1560. The van der Waals surface area contributed by atoms with Crippen molar-refractivity contribution < 1.29 is 21.6 Å². The predicted molar refractivity (Wildman–Crippen MR) is 151 cm³/mol. The second kappa shape index (κ2) is 11.3. The number of aromatic nitrogens is 4. The van der Waals surface area contributed by atoms with E-state index in [-0.39, 0.29) is 39.5 Å². The van der Waals surface area contributed by atoms with Gasteiger partial charge in [-0.25, -0.2) is 26.1 Å². The molecule has 3 aromatic rings. The Balaban J connectivity index is 1.64. The van der Waals surface area contributed by atoms with Crippen LogP contribution >= 0.6 is 11.6 Å². The number of hydrogen-bond acceptors (Lipinski definition) is 10. The fourth-order valence-corrected chi connectivity index (χ4v) is 6.03. The molecule has 0 radical (unpaired) electrons. The maximum atomic E-state index is 12.8. The highest BCUT2D eigenvalue weighted by atomic mass is 35.5. The Morgan fingerprint density at radius 1 is 1.13 bits per heavy atom. The molecule has 1 aliphatic heterocycles. The molecule has 1 aromatic carbocycles. The van der Waals surface area contributed by atoms with Crippen LogP contribution in [0.1, 0.15) is 44.7 Å². The maximum absolute atomic E-state index is 12.8. The van der Waals surface area contributed by atoms with Crippen molar-refractivity contribution in [1.29, 1.82) is 0 Å². The van der Waals surface area contributed by atoms with E-state index < -0.39 is 26.0 Å². The summed E-state index contributed by atoms with van der Waals surface area (Å²) < 4.78 is 57.0. The summed E-state index contributed by atoms with van der Waals surface area (Å²) in [7, 11) is -4.62. The van der Waals surface area contributed by atoms with Gasteiger partial charge in [-0.05, 0) is 57.9 Å². The number of rotatable bonds is 10. The quantitative estimate of drug-likeness (QED) is 0.296. The first-order chi connectivity index (χ1) is 18.3. The number of sulfone groups is 1. The summed E-state index contributed by atoms with van der Waals surface area (Å²) in [5.74, 6) is 1.06. The third kappa shape index (κ3) is 6.29. The van der Waals surface area contributed by atoms with Crippen molar-refractivity contribution in [2.75, 3.05) is 23.7 Å². The van der Waals surface area contributed by atoms with Gasteiger partial charge in [-0.2, -0.15) is 10.1 Å². The van der Waals surface area contributed by atoms with Gasteiger partial charge in [-0.1, -0.05) is 11.6 Å². The van der Waals surface area contributed by atoms with Crippen molar-refractivity contribution in [3.8, 4) is 5.75 Å². The fourth-order valence-electron chi connectivity index (χ4n) is 4.13. The lowest BCUT2D eigenvalue weighted by Crippen LogP contribution is -2.43. The molecule has 1 aliphatic rings. The summed E-state index contributed by atoms with van der Waals surface area (Å²) >= 11 is 6.36. The molecule has 2 aromatic heterocycles. The van der Waals surface area contributed by atoms with E-state index in [2.05, 4.69) is 25.7 Å². The standard InChI is InChI=1S/C24H32ClN7O5S2/c1-13(2)37-21-8-17(16-10-32(11-16)38(33)34)15(5)7-19(21)28-24-26-9-18(25)22(29-24)27-20-12-31(6)30-23(20)39(35,36)14(3)4/h7-9,12-14,16,38H,10-11H2,1-6H3,(H2,26,27,28,29). The summed E-state index contributed by atoms with van der Waals surface area (Å²) in [5, 5.41) is 9.72. The number of hydrogen-bond donors (Lipinski definition) is 3. The highest BCUT2D eigenvalue weighted by molar-refractivity contribution is 7.92. The summed E-state index contributed by atoms with van der Waals surface area (Å²) in [6, 6.07) is 3.83. The average molecular weight is 598 g/mol. The number of nitrogens with one attached hydrogen (secondary N) is 2. The maximum Gasteiger partial charge on any atom is 0.229 e. The lowest BCUT2D eigenvalue weighted by atomic mass is 9.89. The zero-order chi connectivity index (χ0) is 28.6. The molecule has 0 amide bonds. The average Bonchev–Trinajstić information content (AvgIpc) is 3.17. The van der Waals surface area contributed by atoms with Crippen LogP contribution in [0.2, 0.25) is 5.02 Å². The smallest absolute Gasteiger partial charge is 0.229 e. The van der Waals surface area contributed by atoms with E-state index in [1.54, 1.807) is 27.1 Å². The molecule has 2 N–H and O–H groups in total. The summed E-state index contributed by atoms with van der Waals surface area (Å²) in [6.07, 6.45) is 2.83. The van der Waals surface area contributed by atoms with Crippen LogP contribution < -0.4 is 15.4 Å². The fraction of sp³-hybridized carbons (Fsp3) is 0.458. The lowest BCUT2D eigenvalue weighted by molar-refractivity contribution is 0.241. The largest absolute Gasteiger partial charge is 0.489 e. The van der Waals surface area contributed by atoms with E-state index in [0.29, 0.717) is 24.5 Å². The van der Waals surface area contributed by atoms with Crippen LogP contribution in [-0.4, -0.2) is 65.3 Å². The molecule has 0 spiro atoms. The SMILES string of the molecule is Cc1cc(Nc2ncc(Cl)c(Nc3cn(C)nc3S(=O)(=O)C(C)C)n2)c(OC(C)C)cc1C1CN([SH](=O)=O)C1. The molecule has 4 rings (SSSR count). The van der Waals surface area contributed by atoms with E-state index in [4.69, 9.17) is 16.3 Å². The van der Waals surface area contributed by atoms with Crippen LogP contribution in [0.5, 0.6) is 5.75 Å². The van der Waals surface area contributed by atoms with Gasteiger partial charge in [0.1, 0.15) is 10.8 Å². The first-order valence-corrected chi connectivity index (χ1v) is 15.4. The molecule has 1 fully saturated rings. The number of thiol groups is 1.